The van der Waals surface area contributed by atoms with Crippen molar-refractivity contribution in [3.63, 3.8) is 0 Å². The molecule has 1 aliphatic rings. The number of hydrogen-bond acceptors (Lipinski definition) is 2. The van der Waals surface area contributed by atoms with E-state index in [4.69, 9.17) is 4.74 Å². The van der Waals surface area contributed by atoms with Gasteiger partial charge in [-0.1, -0.05) is 57.0 Å². The van der Waals surface area contributed by atoms with E-state index in [9.17, 15) is 4.79 Å². The average Bonchev–Trinajstić information content (AvgIpc) is 2.91. The van der Waals surface area contributed by atoms with Crippen LogP contribution in [0.1, 0.15) is 45.1 Å². The molecule has 1 aromatic carbocycles. The van der Waals surface area contributed by atoms with Gasteiger partial charge < -0.3 is 4.74 Å². The summed E-state index contributed by atoms with van der Waals surface area (Å²) in [7, 11) is 0. The number of carbonyl (C=O) groups excluding carboxylic acids is 1. The molecule has 0 amide bonds. The summed E-state index contributed by atoms with van der Waals surface area (Å²) in [6, 6.07) is 10.2. The van der Waals surface area contributed by atoms with Gasteiger partial charge in [-0.05, 0) is 30.2 Å². The van der Waals surface area contributed by atoms with E-state index >= 15 is 0 Å². The highest BCUT2D eigenvalue weighted by molar-refractivity contribution is 5.73. The van der Waals surface area contributed by atoms with Crippen molar-refractivity contribution < 1.29 is 9.53 Å². The Balaban J connectivity index is 1.79. The van der Waals surface area contributed by atoms with Gasteiger partial charge in [-0.15, -0.1) is 0 Å². The van der Waals surface area contributed by atoms with Crippen LogP contribution < -0.4 is 0 Å². The number of benzene rings is 1. The molecule has 0 aliphatic heterocycles. The lowest BCUT2D eigenvalue weighted by Gasteiger charge is -2.16. The molecule has 2 rings (SSSR count). The van der Waals surface area contributed by atoms with E-state index in [1.54, 1.807) is 0 Å². The van der Waals surface area contributed by atoms with Crippen molar-refractivity contribution in [2.45, 2.75) is 46.0 Å². The fourth-order valence-corrected chi connectivity index (χ4v) is 3.33. The largest absolute Gasteiger partial charge is 0.465 e. The van der Waals surface area contributed by atoms with Gasteiger partial charge in [-0.3, -0.25) is 4.79 Å². The van der Waals surface area contributed by atoms with E-state index in [1.165, 1.54) is 18.4 Å². The van der Waals surface area contributed by atoms with Gasteiger partial charge in [-0.25, -0.2) is 0 Å². The lowest BCUT2D eigenvalue weighted by molar-refractivity contribution is -0.149. The Morgan fingerprint density at radius 3 is 2.55 bits per heavy atom. The maximum absolute atomic E-state index is 12.2. The van der Waals surface area contributed by atoms with Gasteiger partial charge in [0.2, 0.25) is 0 Å². The first kappa shape index (κ1) is 15.1. The van der Waals surface area contributed by atoms with Crippen LogP contribution in [0.2, 0.25) is 0 Å². The molecule has 3 unspecified atom stereocenters. The maximum Gasteiger partial charge on any atom is 0.309 e. The first-order valence-corrected chi connectivity index (χ1v) is 7.95. The Hall–Kier alpha value is -1.31. The molecule has 0 aromatic heterocycles. The lowest BCUT2D eigenvalue weighted by atomic mass is 9.94. The fourth-order valence-electron chi connectivity index (χ4n) is 3.33. The van der Waals surface area contributed by atoms with Gasteiger partial charge >= 0.3 is 5.97 Å². The fraction of sp³-hybridized carbons (Fsp3) is 0.611. The first-order valence-electron chi connectivity index (χ1n) is 7.95. The van der Waals surface area contributed by atoms with Gasteiger partial charge in [-0.2, -0.15) is 0 Å². The van der Waals surface area contributed by atoms with Crippen LogP contribution in [-0.4, -0.2) is 12.6 Å². The topological polar surface area (TPSA) is 26.3 Å². The minimum absolute atomic E-state index is 0.0312. The molecule has 3 atom stereocenters. The van der Waals surface area contributed by atoms with Crippen LogP contribution in [0.5, 0.6) is 0 Å². The normalized spacial score (nSPS) is 25.6. The van der Waals surface area contributed by atoms with Crippen LogP contribution in [0.25, 0.3) is 0 Å². The zero-order valence-electron chi connectivity index (χ0n) is 12.7. The predicted molar refractivity (Wildman–Crippen MR) is 81.4 cm³/mol. The Bertz CT molecular complexity index is 413. The van der Waals surface area contributed by atoms with Crippen molar-refractivity contribution in [1.29, 1.82) is 0 Å². The highest BCUT2D eigenvalue weighted by Gasteiger charge is 2.37. The summed E-state index contributed by atoms with van der Waals surface area (Å²) in [6.07, 6.45) is 5.32. The van der Waals surface area contributed by atoms with Crippen LogP contribution in [0.4, 0.5) is 0 Å². The minimum atomic E-state index is 0.0312. The lowest BCUT2D eigenvalue weighted by Crippen LogP contribution is -2.22. The van der Waals surface area contributed by atoms with Crippen molar-refractivity contribution in [3.8, 4) is 0 Å². The molecule has 110 valence electrons. The number of hydrogen-bond donors (Lipinski definition) is 0. The van der Waals surface area contributed by atoms with Gasteiger partial charge in [0.1, 0.15) is 0 Å². The monoisotopic (exact) mass is 274 g/mol. The molecule has 0 spiro atoms. The number of ether oxygens (including phenoxy) is 1. The number of esters is 1. The highest BCUT2D eigenvalue weighted by atomic mass is 16.5. The molecular formula is C18H26O2. The van der Waals surface area contributed by atoms with Crippen LogP contribution in [0.15, 0.2) is 30.3 Å². The van der Waals surface area contributed by atoms with E-state index < -0.39 is 0 Å². The molecule has 2 nitrogen and oxygen atoms in total. The molecule has 1 aliphatic carbocycles. The van der Waals surface area contributed by atoms with Crippen LogP contribution >= 0.6 is 0 Å². The summed E-state index contributed by atoms with van der Waals surface area (Å²) in [6.45, 7) is 4.92. The third-order valence-electron chi connectivity index (χ3n) is 4.67. The average molecular weight is 274 g/mol. The summed E-state index contributed by atoms with van der Waals surface area (Å²) in [5.41, 5.74) is 1.23. The minimum Gasteiger partial charge on any atom is -0.465 e. The van der Waals surface area contributed by atoms with E-state index in [0.29, 0.717) is 18.4 Å². The molecule has 0 heterocycles. The molecule has 0 saturated heterocycles. The molecule has 1 aromatic rings. The van der Waals surface area contributed by atoms with E-state index in [0.717, 1.165) is 19.3 Å². The smallest absolute Gasteiger partial charge is 0.309 e. The van der Waals surface area contributed by atoms with E-state index in [2.05, 4.69) is 26.0 Å². The Kier molecular flexibility index (Phi) is 5.63. The summed E-state index contributed by atoms with van der Waals surface area (Å²) in [4.78, 5) is 12.2. The molecule has 1 saturated carbocycles. The second-order valence-corrected chi connectivity index (χ2v) is 5.92. The third kappa shape index (κ3) is 3.84. The summed E-state index contributed by atoms with van der Waals surface area (Å²) >= 11 is 0. The van der Waals surface area contributed by atoms with Gasteiger partial charge in [0.15, 0.2) is 0 Å². The molecule has 2 heteroatoms. The van der Waals surface area contributed by atoms with Crippen LogP contribution in [-0.2, 0) is 16.0 Å². The second-order valence-electron chi connectivity index (χ2n) is 5.92. The van der Waals surface area contributed by atoms with Crippen molar-refractivity contribution in [2.75, 3.05) is 6.61 Å². The summed E-state index contributed by atoms with van der Waals surface area (Å²) in [5.74, 6) is 1.42. The predicted octanol–water partition coefficient (Wildman–Crippen LogP) is 4.23. The van der Waals surface area contributed by atoms with Crippen molar-refractivity contribution in [2.24, 2.45) is 17.8 Å². The Morgan fingerprint density at radius 2 is 1.90 bits per heavy atom. The van der Waals surface area contributed by atoms with Crippen molar-refractivity contribution >= 4 is 5.97 Å². The molecular weight excluding hydrogens is 248 g/mol. The van der Waals surface area contributed by atoms with Crippen molar-refractivity contribution in [1.82, 2.24) is 0 Å². The second kappa shape index (κ2) is 7.47. The SMILES string of the molecule is CCC1CC(CC)C(C(=O)OCCc2ccccc2)C1. The molecule has 0 N–H and O–H groups in total. The Morgan fingerprint density at radius 1 is 1.15 bits per heavy atom. The van der Waals surface area contributed by atoms with E-state index in [1.807, 2.05) is 18.2 Å². The summed E-state index contributed by atoms with van der Waals surface area (Å²) < 4.78 is 5.52. The third-order valence-corrected chi connectivity index (χ3v) is 4.67. The van der Waals surface area contributed by atoms with Crippen LogP contribution in [0, 0.1) is 17.8 Å². The number of rotatable bonds is 6. The Labute approximate surface area is 122 Å². The summed E-state index contributed by atoms with van der Waals surface area (Å²) in [5, 5.41) is 0. The first-order chi connectivity index (χ1) is 9.74. The molecule has 0 bridgehead atoms. The van der Waals surface area contributed by atoms with Gasteiger partial charge in [0, 0.05) is 6.42 Å². The molecule has 20 heavy (non-hydrogen) atoms. The van der Waals surface area contributed by atoms with Crippen LogP contribution in [0.3, 0.4) is 0 Å². The standard InChI is InChI=1S/C18H26O2/c1-3-14-12-16(4-2)17(13-14)18(19)20-11-10-15-8-6-5-7-9-15/h5-9,14,16-17H,3-4,10-13H2,1-2H3. The van der Waals surface area contributed by atoms with Crippen molar-refractivity contribution in [3.05, 3.63) is 35.9 Å². The zero-order chi connectivity index (χ0) is 14.4. The highest BCUT2D eigenvalue weighted by Crippen LogP contribution is 2.40. The van der Waals surface area contributed by atoms with Gasteiger partial charge in [0.25, 0.3) is 0 Å². The zero-order valence-corrected chi connectivity index (χ0v) is 12.7. The quantitative estimate of drug-likeness (QED) is 0.725. The maximum atomic E-state index is 12.2. The number of carbonyl (C=O) groups is 1. The molecule has 0 radical (unpaired) electrons. The van der Waals surface area contributed by atoms with Gasteiger partial charge in [0.05, 0.1) is 12.5 Å². The molecule has 1 fully saturated rings. The van der Waals surface area contributed by atoms with E-state index in [-0.39, 0.29) is 11.9 Å².